The summed E-state index contributed by atoms with van der Waals surface area (Å²) in [5, 5.41) is 35.5. The van der Waals surface area contributed by atoms with Crippen LogP contribution in [0, 0.1) is 17.0 Å². The second-order valence-electron chi connectivity index (χ2n) is 15.0. The summed E-state index contributed by atoms with van der Waals surface area (Å²) in [6, 6.07) is 13.5. The Bertz CT molecular complexity index is 1610. The van der Waals surface area contributed by atoms with Crippen LogP contribution in [-0.4, -0.2) is 89.4 Å². The maximum atomic E-state index is 15.1. The normalized spacial score (nSPS) is 13.8. The highest BCUT2D eigenvalue weighted by atomic mass is 28.3. The van der Waals surface area contributed by atoms with Crippen LogP contribution in [0.4, 0.5) is 8.78 Å². The van der Waals surface area contributed by atoms with Crippen LogP contribution in [0.5, 0.6) is 0 Å². The Balaban J connectivity index is 2.08. The van der Waals surface area contributed by atoms with Gasteiger partial charge in [-0.1, -0.05) is 70.7 Å². The lowest BCUT2D eigenvalue weighted by molar-refractivity contribution is -0.141. The van der Waals surface area contributed by atoms with Crippen molar-refractivity contribution in [1.82, 2.24) is 20.1 Å². The third-order valence-electron chi connectivity index (χ3n) is 8.25. The van der Waals surface area contributed by atoms with Crippen LogP contribution in [0.1, 0.15) is 50.9 Å². The molecule has 14 heteroatoms. The van der Waals surface area contributed by atoms with Crippen LogP contribution in [-0.2, 0) is 25.7 Å². The van der Waals surface area contributed by atoms with Crippen LogP contribution >= 0.6 is 0 Å². The summed E-state index contributed by atoms with van der Waals surface area (Å²) >= 11 is 0. The summed E-state index contributed by atoms with van der Waals surface area (Å²) in [4.78, 5) is 39.2. The van der Waals surface area contributed by atoms with Gasteiger partial charge in [0.15, 0.2) is 0 Å². The standard InChI is InChI=1S/C37H52F2N4O7Si/c1-37(2,3)35(31-18-26(29-19-27(38)12-13-30(29)39)22-42(31)21-25-10-8-7-9-11-25)43(33(46)24-44)23-28(41-32(45)14-15-34(47)48)20-40-36(49)50-16-17-51(4,5)6/h7-13,18-19,22,28,35-36,40,44,49H,14-17,20-21,23-24H2,1-6H3,(H,41,45)(H,47,48)/t28-,35-,36?/m0/s1. The number of rotatable bonds is 19. The van der Waals surface area contributed by atoms with E-state index in [0.29, 0.717) is 24.4 Å². The SMILES string of the molecule is CC(C)(C)[C@H](c1cc(-c2cc(F)ccc2F)cn1Cc1ccccc1)N(C[C@H](CNC(O)OCC[Si](C)(C)C)NC(=O)CCC(=O)O)C(=O)CO. The van der Waals surface area contributed by atoms with E-state index < -0.39 is 74.4 Å². The Hall–Kier alpha value is -3.95. The van der Waals surface area contributed by atoms with Crippen LogP contribution in [0.25, 0.3) is 11.1 Å². The number of amides is 2. The predicted molar refractivity (Wildman–Crippen MR) is 193 cm³/mol. The van der Waals surface area contributed by atoms with Gasteiger partial charge in [-0.3, -0.25) is 19.7 Å². The van der Waals surface area contributed by atoms with Crippen molar-refractivity contribution >= 4 is 25.9 Å². The summed E-state index contributed by atoms with van der Waals surface area (Å²) < 4.78 is 36.9. The molecule has 3 atom stereocenters. The second kappa shape index (κ2) is 18.5. The van der Waals surface area contributed by atoms with Crippen LogP contribution < -0.4 is 10.6 Å². The fraction of sp³-hybridized carbons (Fsp3) is 0.486. The molecule has 0 spiro atoms. The van der Waals surface area contributed by atoms with Crippen molar-refractivity contribution in [3.8, 4) is 11.1 Å². The van der Waals surface area contributed by atoms with E-state index in [2.05, 4.69) is 30.3 Å². The Labute approximate surface area is 299 Å². The fourth-order valence-electron chi connectivity index (χ4n) is 5.75. The molecule has 1 aromatic heterocycles. The third kappa shape index (κ3) is 13.3. The number of carbonyl (C=O) groups excluding carboxylic acids is 2. The van der Waals surface area contributed by atoms with Crippen LogP contribution in [0.15, 0.2) is 60.8 Å². The minimum absolute atomic E-state index is 0.0339. The van der Waals surface area contributed by atoms with Crippen molar-refractivity contribution in [3.05, 3.63) is 83.7 Å². The van der Waals surface area contributed by atoms with Gasteiger partial charge in [0.05, 0.1) is 18.5 Å². The molecule has 51 heavy (non-hydrogen) atoms. The topological polar surface area (TPSA) is 153 Å². The molecule has 0 radical (unpaired) electrons. The summed E-state index contributed by atoms with van der Waals surface area (Å²) in [5.41, 5.74) is 1.16. The van der Waals surface area contributed by atoms with E-state index in [1.54, 1.807) is 12.3 Å². The minimum atomic E-state index is -1.44. The number of nitrogens with zero attached hydrogens (tertiary/aromatic N) is 2. The van der Waals surface area contributed by atoms with Gasteiger partial charge in [-0.05, 0) is 41.3 Å². The number of carbonyl (C=O) groups is 3. The second-order valence-corrected chi connectivity index (χ2v) is 20.6. The van der Waals surface area contributed by atoms with Crippen molar-refractivity contribution in [1.29, 1.82) is 0 Å². The smallest absolute Gasteiger partial charge is 0.303 e. The van der Waals surface area contributed by atoms with Gasteiger partial charge in [-0.25, -0.2) is 8.78 Å². The molecule has 3 rings (SSSR count). The average molecular weight is 731 g/mol. The minimum Gasteiger partial charge on any atom is -0.481 e. The monoisotopic (exact) mass is 730 g/mol. The molecule has 280 valence electrons. The maximum absolute atomic E-state index is 15.1. The predicted octanol–water partition coefficient (Wildman–Crippen LogP) is 4.96. The lowest BCUT2D eigenvalue weighted by Gasteiger charge is -2.42. The summed E-state index contributed by atoms with van der Waals surface area (Å²) in [6.07, 6.45) is -0.418. The quantitative estimate of drug-likeness (QED) is 0.0858. The maximum Gasteiger partial charge on any atom is 0.303 e. The van der Waals surface area contributed by atoms with Gasteiger partial charge in [0.1, 0.15) is 18.2 Å². The van der Waals surface area contributed by atoms with Gasteiger partial charge in [-0.15, -0.1) is 0 Å². The van der Waals surface area contributed by atoms with Crippen LogP contribution in [0.2, 0.25) is 25.7 Å². The highest BCUT2D eigenvalue weighted by Crippen LogP contribution is 2.41. The zero-order chi connectivity index (χ0) is 37.9. The van der Waals surface area contributed by atoms with Crippen LogP contribution in [0.3, 0.4) is 0 Å². The lowest BCUT2D eigenvalue weighted by atomic mass is 9.82. The zero-order valence-electron chi connectivity index (χ0n) is 30.3. The highest BCUT2D eigenvalue weighted by Gasteiger charge is 2.38. The first kappa shape index (κ1) is 41.5. The molecule has 0 saturated heterocycles. The fourth-order valence-corrected chi connectivity index (χ4v) is 6.48. The molecule has 1 unspecified atom stereocenters. The molecular weight excluding hydrogens is 679 g/mol. The highest BCUT2D eigenvalue weighted by molar-refractivity contribution is 6.76. The number of halogens is 2. The molecule has 0 aliphatic rings. The van der Waals surface area contributed by atoms with Gasteiger partial charge >= 0.3 is 5.97 Å². The molecule has 2 amide bonds. The van der Waals surface area contributed by atoms with Gasteiger partial charge in [0.2, 0.25) is 18.2 Å². The van der Waals surface area contributed by atoms with Gasteiger partial charge in [0, 0.05) is 63.8 Å². The Morgan fingerprint density at radius 1 is 1.02 bits per heavy atom. The number of benzene rings is 2. The van der Waals surface area contributed by atoms with E-state index in [1.807, 2.05) is 55.7 Å². The van der Waals surface area contributed by atoms with Crippen molar-refractivity contribution in [2.24, 2.45) is 5.41 Å². The number of nitrogens with one attached hydrogen (secondary N) is 2. The van der Waals surface area contributed by atoms with Gasteiger partial charge < -0.3 is 34.8 Å². The van der Waals surface area contributed by atoms with E-state index in [4.69, 9.17) is 9.84 Å². The number of aliphatic carboxylic acids is 1. The number of aromatic nitrogens is 1. The number of carboxylic acid groups (broad SMARTS) is 1. The van der Waals surface area contributed by atoms with E-state index >= 15 is 4.39 Å². The first-order chi connectivity index (χ1) is 23.9. The van der Waals surface area contributed by atoms with E-state index in [-0.39, 0.29) is 25.1 Å². The summed E-state index contributed by atoms with van der Waals surface area (Å²) in [6.45, 7) is 11.7. The number of aliphatic hydroxyl groups is 2. The molecule has 2 aromatic carbocycles. The van der Waals surface area contributed by atoms with Crippen molar-refractivity contribution in [2.75, 3.05) is 26.3 Å². The molecule has 0 bridgehead atoms. The van der Waals surface area contributed by atoms with Gasteiger partial charge in [-0.2, -0.15) is 0 Å². The first-order valence-corrected chi connectivity index (χ1v) is 20.7. The van der Waals surface area contributed by atoms with Crippen molar-refractivity contribution in [2.45, 2.75) is 84.3 Å². The number of aliphatic hydroxyl groups excluding tert-OH is 2. The molecule has 3 aromatic rings. The Morgan fingerprint density at radius 2 is 1.71 bits per heavy atom. The number of hydrogen-bond donors (Lipinski definition) is 5. The van der Waals surface area contributed by atoms with E-state index in [0.717, 1.165) is 29.8 Å². The first-order valence-electron chi connectivity index (χ1n) is 17.0. The molecule has 1 heterocycles. The summed E-state index contributed by atoms with van der Waals surface area (Å²) in [5.74, 6) is -3.65. The Morgan fingerprint density at radius 3 is 2.31 bits per heavy atom. The molecule has 0 aliphatic carbocycles. The molecule has 0 aliphatic heterocycles. The van der Waals surface area contributed by atoms with Crippen molar-refractivity contribution in [3.63, 3.8) is 0 Å². The van der Waals surface area contributed by atoms with E-state index in [1.165, 1.54) is 4.90 Å². The molecule has 0 saturated carbocycles. The lowest BCUT2D eigenvalue weighted by Crippen LogP contribution is -2.54. The largest absolute Gasteiger partial charge is 0.481 e. The third-order valence-corrected chi connectivity index (χ3v) is 9.95. The average Bonchev–Trinajstić information content (AvgIpc) is 3.44. The molecular formula is C37H52F2N4O7Si. The molecule has 11 nitrogen and oxygen atoms in total. The van der Waals surface area contributed by atoms with E-state index in [9.17, 15) is 29.0 Å². The summed E-state index contributed by atoms with van der Waals surface area (Å²) in [7, 11) is -1.44. The number of hydrogen-bond acceptors (Lipinski definition) is 7. The number of carboxylic acids is 1. The zero-order valence-corrected chi connectivity index (χ0v) is 31.3. The van der Waals surface area contributed by atoms with Gasteiger partial charge in [0.25, 0.3) is 0 Å². The molecule has 5 N–H and O–H groups in total. The molecule has 0 fully saturated rings. The Kier molecular flexibility index (Phi) is 15.1. The van der Waals surface area contributed by atoms with Crippen molar-refractivity contribution < 1.29 is 43.2 Å². The number of ether oxygens (including phenoxy) is 1.